The van der Waals surface area contributed by atoms with Gasteiger partial charge in [-0.2, -0.15) is 0 Å². The van der Waals surface area contributed by atoms with Crippen molar-refractivity contribution in [3.05, 3.63) is 103 Å². The second kappa shape index (κ2) is 8.50. The molecule has 1 nitrogen and oxygen atoms in total. The van der Waals surface area contributed by atoms with E-state index in [2.05, 4.69) is 116 Å². The molecule has 3 rings (SSSR count). The minimum atomic E-state index is 0.227. The molecule has 0 aliphatic heterocycles. The highest BCUT2D eigenvalue weighted by atomic mass is 15.0. The fraction of sp³-hybridized carbons (Fsp3) is 0.130. The standard InChI is InChI=1S/C23H24BN/c1-25(2)19-18-23(20-12-6-3-7-13-20)24(21-14-8-4-9-15-21)22-16-10-5-11-17-22/h3-18H,19H2,1-2H3. The number of nitrogens with zero attached hydrogens (tertiary/aromatic N) is 1. The van der Waals surface area contributed by atoms with Crippen LogP contribution in [0.3, 0.4) is 0 Å². The molecule has 0 fully saturated rings. The van der Waals surface area contributed by atoms with Crippen molar-refractivity contribution < 1.29 is 0 Å². The summed E-state index contributed by atoms with van der Waals surface area (Å²) in [5.41, 5.74) is 5.28. The van der Waals surface area contributed by atoms with Crippen LogP contribution in [0.1, 0.15) is 5.56 Å². The Morgan fingerprint density at radius 2 is 1.16 bits per heavy atom. The number of likely N-dealkylation sites (N-methyl/N-ethyl adjacent to an activating group) is 1. The van der Waals surface area contributed by atoms with E-state index in [0.29, 0.717) is 0 Å². The first kappa shape index (κ1) is 17.3. The van der Waals surface area contributed by atoms with Crippen LogP contribution in [-0.4, -0.2) is 32.3 Å². The van der Waals surface area contributed by atoms with Crippen LogP contribution in [-0.2, 0) is 0 Å². The first-order chi connectivity index (χ1) is 12.3. The first-order valence-electron chi connectivity index (χ1n) is 8.76. The van der Waals surface area contributed by atoms with E-state index in [1.165, 1.54) is 22.0 Å². The van der Waals surface area contributed by atoms with Crippen molar-refractivity contribution in [2.45, 2.75) is 0 Å². The van der Waals surface area contributed by atoms with E-state index in [4.69, 9.17) is 0 Å². The van der Waals surface area contributed by atoms with Crippen molar-refractivity contribution in [1.29, 1.82) is 0 Å². The zero-order valence-corrected chi connectivity index (χ0v) is 15.0. The Morgan fingerprint density at radius 1 is 0.720 bits per heavy atom. The van der Waals surface area contributed by atoms with Gasteiger partial charge in [0.15, 0.2) is 0 Å². The fourth-order valence-corrected chi connectivity index (χ4v) is 3.16. The van der Waals surface area contributed by atoms with Crippen LogP contribution >= 0.6 is 0 Å². The maximum absolute atomic E-state index is 2.36. The summed E-state index contributed by atoms with van der Waals surface area (Å²) in [6.07, 6.45) is 2.36. The third-order valence-corrected chi connectivity index (χ3v) is 4.36. The molecule has 0 spiro atoms. The second-order valence-electron chi connectivity index (χ2n) is 6.54. The summed E-state index contributed by atoms with van der Waals surface area (Å²) in [6, 6.07) is 32.3. The Hall–Kier alpha value is -2.58. The van der Waals surface area contributed by atoms with Gasteiger partial charge in [-0.3, -0.25) is 0 Å². The van der Waals surface area contributed by atoms with Gasteiger partial charge in [0.2, 0.25) is 6.71 Å². The van der Waals surface area contributed by atoms with Gasteiger partial charge >= 0.3 is 0 Å². The number of hydrogen-bond donors (Lipinski definition) is 0. The van der Waals surface area contributed by atoms with E-state index in [1.54, 1.807) is 0 Å². The molecule has 0 unspecified atom stereocenters. The first-order valence-corrected chi connectivity index (χ1v) is 8.76. The summed E-state index contributed by atoms with van der Waals surface area (Å²) >= 11 is 0. The molecule has 0 saturated carbocycles. The van der Waals surface area contributed by atoms with Crippen LogP contribution < -0.4 is 10.9 Å². The second-order valence-corrected chi connectivity index (χ2v) is 6.54. The van der Waals surface area contributed by atoms with Gasteiger partial charge in [0.25, 0.3) is 0 Å². The van der Waals surface area contributed by atoms with Crippen molar-refractivity contribution in [1.82, 2.24) is 4.90 Å². The number of rotatable bonds is 6. The van der Waals surface area contributed by atoms with E-state index in [9.17, 15) is 0 Å². The summed E-state index contributed by atoms with van der Waals surface area (Å²) in [6.45, 7) is 1.14. The highest BCUT2D eigenvalue weighted by Gasteiger charge is 2.24. The molecule has 2 heteroatoms. The van der Waals surface area contributed by atoms with Crippen LogP contribution in [0.2, 0.25) is 0 Å². The Labute approximate surface area is 151 Å². The summed E-state index contributed by atoms with van der Waals surface area (Å²) in [7, 11) is 4.22. The molecule has 0 amide bonds. The van der Waals surface area contributed by atoms with Crippen molar-refractivity contribution >= 4 is 23.1 Å². The molecule has 0 atom stereocenters. The number of benzene rings is 3. The molecule has 124 valence electrons. The van der Waals surface area contributed by atoms with Gasteiger partial charge in [0.1, 0.15) is 0 Å². The molecule has 0 aliphatic rings. The zero-order chi connectivity index (χ0) is 17.5. The van der Waals surface area contributed by atoms with Crippen LogP contribution in [0.5, 0.6) is 0 Å². The van der Waals surface area contributed by atoms with Gasteiger partial charge in [0.05, 0.1) is 0 Å². The lowest BCUT2D eigenvalue weighted by Crippen LogP contribution is -2.43. The maximum Gasteiger partial charge on any atom is 0.241 e. The lowest BCUT2D eigenvalue weighted by atomic mass is 9.35. The topological polar surface area (TPSA) is 3.24 Å². The van der Waals surface area contributed by atoms with Crippen molar-refractivity contribution in [2.75, 3.05) is 20.6 Å². The summed E-state index contributed by atoms with van der Waals surface area (Å²) in [5, 5.41) is 0. The predicted molar refractivity (Wildman–Crippen MR) is 111 cm³/mol. The largest absolute Gasteiger partial charge is 0.306 e. The van der Waals surface area contributed by atoms with Crippen molar-refractivity contribution in [3.8, 4) is 0 Å². The molecule has 0 radical (unpaired) electrons. The predicted octanol–water partition coefficient (Wildman–Crippen LogP) is 3.48. The van der Waals surface area contributed by atoms with E-state index in [0.717, 1.165) is 6.54 Å². The quantitative estimate of drug-likeness (QED) is 0.627. The molecule has 0 bridgehead atoms. The molecule has 0 aromatic heterocycles. The van der Waals surface area contributed by atoms with Crippen molar-refractivity contribution in [3.63, 3.8) is 0 Å². The molecule has 3 aromatic carbocycles. The third-order valence-electron chi connectivity index (χ3n) is 4.36. The third kappa shape index (κ3) is 4.49. The molecule has 3 aromatic rings. The van der Waals surface area contributed by atoms with Crippen LogP contribution in [0.15, 0.2) is 97.1 Å². The van der Waals surface area contributed by atoms with E-state index in [-0.39, 0.29) is 6.71 Å². The highest BCUT2D eigenvalue weighted by Crippen LogP contribution is 2.18. The molecule has 0 N–H and O–H groups in total. The van der Waals surface area contributed by atoms with Gasteiger partial charge in [-0.1, -0.05) is 113 Å². The van der Waals surface area contributed by atoms with Crippen molar-refractivity contribution in [2.24, 2.45) is 0 Å². The smallest absolute Gasteiger partial charge is 0.241 e. The van der Waals surface area contributed by atoms with Gasteiger partial charge in [-0.05, 0) is 19.7 Å². The average molecular weight is 325 g/mol. The molecule has 0 heterocycles. The summed E-state index contributed by atoms with van der Waals surface area (Å²) in [4.78, 5) is 2.20. The summed E-state index contributed by atoms with van der Waals surface area (Å²) < 4.78 is 0. The Morgan fingerprint density at radius 3 is 1.60 bits per heavy atom. The molecule has 0 saturated heterocycles. The molecular formula is C23H24BN. The Kier molecular flexibility index (Phi) is 5.87. The van der Waals surface area contributed by atoms with Crippen LogP contribution in [0, 0.1) is 0 Å². The highest BCUT2D eigenvalue weighted by molar-refractivity contribution is 6.99. The maximum atomic E-state index is 2.36. The summed E-state index contributed by atoms with van der Waals surface area (Å²) in [5.74, 6) is 0. The van der Waals surface area contributed by atoms with Crippen LogP contribution in [0.4, 0.5) is 0 Å². The SMILES string of the molecule is CN(C)CC=C(B(c1ccccc1)c1ccccc1)c1ccccc1. The molecular weight excluding hydrogens is 301 g/mol. The van der Waals surface area contributed by atoms with E-state index in [1.807, 2.05) is 0 Å². The van der Waals surface area contributed by atoms with E-state index >= 15 is 0 Å². The molecule has 25 heavy (non-hydrogen) atoms. The lowest BCUT2D eigenvalue weighted by molar-refractivity contribution is 0.457. The zero-order valence-electron chi connectivity index (χ0n) is 15.0. The van der Waals surface area contributed by atoms with E-state index < -0.39 is 0 Å². The molecule has 0 aliphatic carbocycles. The lowest BCUT2D eigenvalue weighted by Gasteiger charge is -2.20. The van der Waals surface area contributed by atoms with Gasteiger partial charge in [-0.15, -0.1) is 0 Å². The van der Waals surface area contributed by atoms with Gasteiger partial charge in [-0.25, -0.2) is 0 Å². The van der Waals surface area contributed by atoms with Crippen LogP contribution in [0.25, 0.3) is 5.47 Å². The minimum Gasteiger partial charge on any atom is -0.306 e. The number of hydrogen-bond acceptors (Lipinski definition) is 1. The van der Waals surface area contributed by atoms with Gasteiger partial charge < -0.3 is 4.90 Å². The Bertz CT molecular complexity index is 756. The normalized spacial score (nSPS) is 11.6. The monoisotopic (exact) mass is 325 g/mol. The van der Waals surface area contributed by atoms with Gasteiger partial charge in [0, 0.05) is 6.54 Å². The minimum absolute atomic E-state index is 0.227. The fourth-order valence-electron chi connectivity index (χ4n) is 3.16. The Balaban J connectivity index is 2.15. The average Bonchev–Trinajstić information content (AvgIpc) is 2.67.